The average Bonchev–Trinajstić information content (AvgIpc) is 3.52. The van der Waals surface area contributed by atoms with Crippen molar-refractivity contribution < 1.29 is 27.8 Å². The number of nitro benzene ring substituents is 1. The number of ether oxygens (including phenoxy) is 2. The van der Waals surface area contributed by atoms with E-state index in [0.29, 0.717) is 78.0 Å². The Morgan fingerprint density at radius 3 is 2.38 bits per heavy atom. The van der Waals surface area contributed by atoms with E-state index in [1.807, 2.05) is 72.8 Å². The Morgan fingerprint density at radius 2 is 1.68 bits per heavy atom. The Labute approximate surface area is 334 Å². The zero-order valence-electron chi connectivity index (χ0n) is 31.9. The Bertz CT molecular complexity index is 2270. The first-order valence-corrected chi connectivity index (χ1v) is 19.2. The van der Waals surface area contributed by atoms with Crippen LogP contribution >= 0.6 is 0 Å². The van der Waals surface area contributed by atoms with Gasteiger partial charge in [-0.25, -0.2) is 0 Å². The van der Waals surface area contributed by atoms with Gasteiger partial charge in [-0.2, -0.15) is 0 Å². The quantitative estimate of drug-likeness (QED) is 0.0850. The van der Waals surface area contributed by atoms with Crippen molar-refractivity contribution in [1.29, 1.82) is 0 Å². The third-order valence-electron chi connectivity index (χ3n) is 11.1. The van der Waals surface area contributed by atoms with Gasteiger partial charge in [-0.05, 0) is 23.6 Å². The molecule has 1 aromatic heterocycles. The summed E-state index contributed by atoms with van der Waals surface area (Å²) in [5.74, 6) is 0.814. The van der Waals surface area contributed by atoms with Gasteiger partial charge in [0.05, 0.1) is 18.1 Å². The van der Waals surface area contributed by atoms with Crippen LogP contribution in [0.5, 0.6) is 11.5 Å². The number of hydrogen-bond acceptors (Lipinski definition) is 8. The number of benzene rings is 4. The van der Waals surface area contributed by atoms with Crippen LogP contribution in [0.2, 0.25) is 0 Å². The van der Waals surface area contributed by atoms with Crippen LogP contribution in [0.1, 0.15) is 48.7 Å². The fourth-order valence-corrected chi connectivity index (χ4v) is 8.01. The van der Waals surface area contributed by atoms with Gasteiger partial charge in [0.15, 0.2) is 0 Å². The molecule has 2 amide bonds. The number of amides is 2. The number of hydrogen-bond donors (Lipinski definition) is 0. The first-order valence-electron chi connectivity index (χ1n) is 18.5. The van der Waals surface area contributed by atoms with Gasteiger partial charge in [0, 0.05) is 38.3 Å². The predicted octanol–water partition coefficient (Wildman–Crippen LogP) is 6.43. The number of methoxy groups -OCH3 is 1. The molecule has 0 spiro atoms. The zero-order chi connectivity index (χ0) is 39.5. The average molecular weight is 822 g/mol. The second-order valence-corrected chi connectivity index (χ2v) is 14.6. The molecule has 3 heterocycles. The van der Waals surface area contributed by atoms with Crippen LogP contribution in [0.25, 0.3) is 11.3 Å². The van der Waals surface area contributed by atoms with Crippen LogP contribution in [-0.4, -0.2) is 93.4 Å². The van der Waals surface area contributed by atoms with Crippen molar-refractivity contribution in [2.24, 2.45) is 7.05 Å². The molecule has 5 aromatic rings. The summed E-state index contributed by atoms with van der Waals surface area (Å²) in [6.07, 6.45) is 0.690. The third-order valence-corrected chi connectivity index (χ3v) is 11.5. The van der Waals surface area contributed by atoms with Crippen molar-refractivity contribution in [3.63, 3.8) is 0 Å². The molecule has 289 valence electrons. The van der Waals surface area contributed by atoms with Gasteiger partial charge in [0.2, 0.25) is 0 Å². The number of non-ortho nitro benzene ring substituents is 1. The van der Waals surface area contributed by atoms with Gasteiger partial charge in [-0.3, -0.25) is 19.8 Å². The van der Waals surface area contributed by atoms with E-state index in [1.54, 1.807) is 36.3 Å². The molecule has 56 heavy (non-hydrogen) atoms. The van der Waals surface area contributed by atoms with E-state index in [1.165, 1.54) is 17.7 Å². The number of aromatic nitrogens is 1. The Balaban J connectivity index is 1.29. The van der Waals surface area contributed by atoms with Crippen LogP contribution in [0.3, 0.4) is 0 Å². The molecule has 1 saturated heterocycles. The summed E-state index contributed by atoms with van der Waals surface area (Å²) in [7, 11) is 3.43. The van der Waals surface area contributed by atoms with Crippen LogP contribution in [-0.2, 0) is 31.3 Å². The van der Waals surface area contributed by atoms with E-state index < -0.39 is 4.92 Å². The summed E-state index contributed by atoms with van der Waals surface area (Å²) >= 11 is 2.54. The van der Waals surface area contributed by atoms with Gasteiger partial charge in [0.1, 0.15) is 0 Å². The van der Waals surface area contributed by atoms with Gasteiger partial charge in [-0.1, -0.05) is 24.3 Å². The predicted molar refractivity (Wildman–Crippen MR) is 214 cm³/mol. The van der Waals surface area contributed by atoms with Gasteiger partial charge in [0.25, 0.3) is 11.6 Å². The number of fused-ring (bicyclic) bond motifs is 1. The second kappa shape index (κ2) is 16.7. The van der Waals surface area contributed by atoms with E-state index in [0.717, 1.165) is 29.8 Å². The third kappa shape index (κ3) is 7.81. The normalized spacial score (nSPS) is 15.6. The number of rotatable bonds is 11. The van der Waals surface area contributed by atoms with E-state index >= 15 is 0 Å². The van der Waals surface area contributed by atoms with Gasteiger partial charge in [-0.15, -0.1) is 0 Å². The zero-order valence-corrected chi connectivity index (χ0v) is 33.6. The number of nitrogens with zero attached hydrogens (tertiary/aromatic N) is 5. The molecule has 4 aromatic carbocycles. The second-order valence-electron chi connectivity index (χ2n) is 14.3. The molecule has 2 aliphatic heterocycles. The molecule has 0 N–H and O–H groups in total. The van der Waals surface area contributed by atoms with Gasteiger partial charge >= 0.3 is 191 Å². The van der Waals surface area contributed by atoms with Crippen LogP contribution in [0.15, 0.2) is 91.0 Å². The molecular weight excluding hydrogens is 777 g/mol. The molecule has 0 aliphatic carbocycles. The Hall–Kier alpha value is -5.46. The molecule has 1 fully saturated rings. The van der Waals surface area contributed by atoms with Crippen molar-refractivity contribution >= 4 is 39.5 Å². The first-order chi connectivity index (χ1) is 27.1. The van der Waals surface area contributed by atoms with Crippen molar-refractivity contribution in [3.8, 4) is 22.8 Å². The van der Waals surface area contributed by atoms with Crippen molar-refractivity contribution in [2.75, 3.05) is 44.9 Å². The van der Waals surface area contributed by atoms with Crippen LogP contribution in [0, 0.1) is 24.0 Å². The fourth-order valence-electron chi connectivity index (χ4n) is 7.77. The SMILES string of the molecule is COc1cccc(CN(C(=O)c2cc(-c3cc([N+](=O)[O-])ccc3C(=O)N3Cc4ccccc4C[C@H]3CN3CCOCC3)n(C)c2C)c2ccc(O[Se])cc2)c1C. The Morgan fingerprint density at radius 1 is 0.946 bits per heavy atom. The van der Waals surface area contributed by atoms with Crippen LogP contribution < -0.4 is 13.5 Å². The molecule has 12 nitrogen and oxygen atoms in total. The summed E-state index contributed by atoms with van der Waals surface area (Å²) in [5, 5.41) is 12.2. The maximum absolute atomic E-state index is 14.9. The fraction of sp³-hybridized carbons (Fsp3) is 0.302. The molecule has 0 saturated carbocycles. The van der Waals surface area contributed by atoms with E-state index in [9.17, 15) is 19.7 Å². The topological polar surface area (TPSA) is 120 Å². The van der Waals surface area contributed by atoms with Crippen molar-refractivity contribution in [1.82, 2.24) is 14.4 Å². The molecule has 1 atom stereocenters. The monoisotopic (exact) mass is 822 g/mol. The summed E-state index contributed by atoms with van der Waals surface area (Å²) in [6, 6.07) is 27.1. The number of nitro groups is 1. The van der Waals surface area contributed by atoms with Crippen LogP contribution in [0.4, 0.5) is 11.4 Å². The summed E-state index contributed by atoms with van der Waals surface area (Å²) < 4.78 is 18.3. The standard InChI is InChI=1S/C43H44N5O7Se/c1-28-31(10-7-11-41(28)53-4)25-46(33-12-15-36(55-56)16-13-33)43(50)38-24-40(44(3)29(38)2)39-23-34(48(51)52)14-17-37(39)42(49)47-26-32-9-6-5-8-30(32)22-35(47)27-45-18-20-54-21-19-45/h5-17,23-24,35H,18-22,25-27H2,1-4H3/t35-/m0/s1. The van der Waals surface area contributed by atoms with E-state index in [-0.39, 0.29) is 30.1 Å². The van der Waals surface area contributed by atoms with E-state index in [2.05, 4.69) is 33.4 Å². The van der Waals surface area contributed by atoms with E-state index in [4.69, 9.17) is 13.3 Å². The van der Waals surface area contributed by atoms with Crippen molar-refractivity contribution in [3.05, 3.63) is 140 Å². The molecule has 0 unspecified atom stereocenters. The molecule has 7 rings (SSSR count). The summed E-state index contributed by atoms with van der Waals surface area (Å²) in [4.78, 5) is 47.4. The molecular formula is C43H44N5O7Se. The number of morpholine rings is 1. The Kier molecular flexibility index (Phi) is 11.6. The van der Waals surface area contributed by atoms with Gasteiger partial charge < -0.3 is 9.64 Å². The summed E-state index contributed by atoms with van der Waals surface area (Å²) in [6.45, 7) is 7.99. The minimum atomic E-state index is -0.461. The number of carbonyl (C=O) groups excluding carboxylic acids is 2. The minimum absolute atomic E-state index is 0.123. The number of carbonyl (C=O) groups is 2. The summed E-state index contributed by atoms with van der Waals surface area (Å²) in [5.41, 5.74) is 6.86. The molecule has 0 bridgehead atoms. The first kappa shape index (κ1) is 38.8. The number of anilines is 1. The van der Waals surface area contributed by atoms with Crippen molar-refractivity contribution in [2.45, 2.75) is 39.4 Å². The molecule has 13 heteroatoms. The maximum atomic E-state index is 14.9. The molecule has 2 aliphatic rings. The molecule has 1 radical (unpaired) electrons.